The van der Waals surface area contributed by atoms with Gasteiger partial charge in [-0.25, -0.2) is 0 Å². The molecule has 1 unspecified atom stereocenters. The number of amides is 2. The molecule has 94 valence electrons. The maximum Gasteiger partial charge on any atom is 0.255 e. The summed E-state index contributed by atoms with van der Waals surface area (Å²) in [5, 5.41) is 0. The minimum Gasteiger partial charge on any atom is -0.368 e. The number of benzene rings is 1. The van der Waals surface area contributed by atoms with Crippen molar-refractivity contribution in [2.75, 3.05) is 0 Å². The van der Waals surface area contributed by atoms with E-state index in [1.54, 1.807) is 12.1 Å². The topological polar surface area (TPSA) is 80.5 Å². The lowest BCUT2D eigenvalue weighted by Gasteiger charge is -2.24. The van der Waals surface area contributed by atoms with Crippen LogP contribution in [0.1, 0.15) is 28.8 Å². The smallest absolute Gasteiger partial charge is 0.255 e. The summed E-state index contributed by atoms with van der Waals surface area (Å²) in [7, 11) is 0. The molecule has 0 aromatic heterocycles. The Morgan fingerprint density at radius 1 is 1.44 bits per heavy atom. The van der Waals surface area contributed by atoms with Crippen molar-refractivity contribution in [1.29, 1.82) is 0 Å². The van der Waals surface area contributed by atoms with Gasteiger partial charge in [-0.15, -0.1) is 0 Å². The molecular weight excluding hydrogens is 232 g/mol. The van der Waals surface area contributed by atoms with Gasteiger partial charge in [0.25, 0.3) is 5.91 Å². The van der Waals surface area contributed by atoms with Crippen LogP contribution in [-0.4, -0.2) is 29.0 Å². The average molecular weight is 246 g/mol. The van der Waals surface area contributed by atoms with E-state index in [0.717, 1.165) is 11.8 Å². The van der Waals surface area contributed by atoms with E-state index in [2.05, 4.69) is 0 Å². The molecule has 1 aromatic carbocycles. The molecule has 1 atom stereocenters. The van der Waals surface area contributed by atoms with Crippen molar-refractivity contribution >= 4 is 18.1 Å². The molecule has 1 aliphatic heterocycles. The first kappa shape index (κ1) is 12.3. The molecule has 0 aliphatic carbocycles. The lowest BCUT2D eigenvalue weighted by atomic mass is 10.1. The fraction of sp³-hybridized carbons (Fsp3) is 0.308. The quantitative estimate of drug-likeness (QED) is 0.767. The van der Waals surface area contributed by atoms with Crippen LogP contribution in [-0.2, 0) is 16.1 Å². The summed E-state index contributed by atoms with van der Waals surface area (Å²) in [6.07, 6.45) is 1.22. The summed E-state index contributed by atoms with van der Waals surface area (Å²) in [5.41, 5.74) is 6.80. The number of carbonyl (C=O) groups excluding carboxylic acids is 3. The van der Waals surface area contributed by atoms with Crippen molar-refractivity contribution < 1.29 is 14.4 Å². The predicted molar refractivity (Wildman–Crippen MR) is 64.6 cm³/mol. The molecule has 1 heterocycles. The number of aldehydes is 1. The lowest BCUT2D eigenvalue weighted by Crippen LogP contribution is -2.44. The fourth-order valence-electron chi connectivity index (χ4n) is 2.21. The minimum absolute atomic E-state index is 0.194. The van der Waals surface area contributed by atoms with E-state index in [1.807, 2.05) is 12.1 Å². The maximum atomic E-state index is 12.1. The number of fused-ring (bicyclic) bond motifs is 1. The van der Waals surface area contributed by atoms with E-state index in [-0.39, 0.29) is 18.7 Å². The highest BCUT2D eigenvalue weighted by molar-refractivity contribution is 6.00. The first-order chi connectivity index (χ1) is 8.65. The van der Waals surface area contributed by atoms with Crippen molar-refractivity contribution in [3.63, 3.8) is 0 Å². The van der Waals surface area contributed by atoms with Crippen molar-refractivity contribution in [1.82, 2.24) is 4.90 Å². The van der Waals surface area contributed by atoms with Crippen LogP contribution in [0.2, 0.25) is 0 Å². The van der Waals surface area contributed by atoms with Crippen LogP contribution in [0.5, 0.6) is 0 Å². The normalized spacial score (nSPS) is 15.3. The van der Waals surface area contributed by atoms with Gasteiger partial charge in [0.05, 0.1) is 0 Å². The molecule has 0 saturated heterocycles. The van der Waals surface area contributed by atoms with Crippen LogP contribution in [0, 0.1) is 0 Å². The summed E-state index contributed by atoms with van der Waals surface area (Å²) >= 11 is 0. The Hall–Kier alpha value is -2.17. The van der Waals surface area contributed by atoms with Crippen LogP contribution in [0.25, 0.3) is 0 Å². The Bertz CT molecular complexity index is 499. The second kappa shape index (κ2) is 5.00. The highest BCUT2D eigenvalue weighted by Gasteiger charge is 2.34. The second-order valence-electron chi connectivity index (χ2n) is 4.25. The molecule has 0 spiro atoms. The zero-order valence-corrected chi connectivity index (χ0v) is 9.83. The summed E-state index contributed by atoms with van der Waals surface area (Å²) in [6, 6.07) is 6.50. The zero-order valence-electron chi connectivity index (χ0n) is 9.83. The Morgan fingerprint density at radius 3 is 2.78 bits per heavy atom. The number of hydrogen-bond donors (Lipinski definition) is 1. The fourth-order valence-corrected chi connectivity index (χ4v) is 2.21. The number of rotatable bonds is 5. The van der Waals surface area contributed by atoms with Gasteiger partial charge >= 0.3 is 0 Å². The van der Waals surface area contributed by atoms with Crippen molar-refractivity contribution in [3.8, 4) is 0 Å². The third-order valence-electron chi connectivity index (χ3n) is 3.11. The Labute approximate surface area is 105 Å². The van der Waals surface area contributed by atoms with E-state index in [4.69, 9.17) is 5.73 Å². The molecule has 0 fully saturated rings. The molecule has 0 bridgehead atoms. The zero-order chi connectivity index (χ0) is 13.1. The molecule has 2 N–H and O–H groups in total. The largest absolute Gasteiger partial charge is 0.368 e. The molecular formula is C13H14N2O3. The third kappa shape index (κ3) is 2.11. The van der Waals surface area contributed by atoms with E-state index >= 15 is 0 Å². The number of nitrogens with zero attached hydrogens (tertiary/aromatic N) is 1. The van der Waals surface area contributed by atoms with Gasteiger partial charge in [-0.2, -0.15) is 0 Å². The van der Waals surface area contributed by atoms with E-state index in [0.29, 0.717) is 12.1 Å². The number of nitrogens with two attached hydrogens (primary N) is 1. The molecule has 1 aromatic rings. The monoisotopic (exact) mass is 246 g/mol. The van der Waals surface area contributed by atoms with E-state index in [9.17, 15) is 14.4 Å². The van der Waals surface area contributed by atoms with Gasteiger partial charge in [-0.05, 0) is 18.1 Å². The minimum atomic E-state index is -0.713. The molecule has 2 rings (SSSR count). The summed E-state index contributed by atoms with van der Waals surface area (Å²) < 4.78 is 0. The molecule has 0 radical (unpaired) electrons. The molecule has 1 aliphatic rings. The third-order valence-corrected chi connectivity index (χ3v) is 3.11. The first-order valence-corrected chi connectivity index (χ1v) is 5.77. The average Bonchev–Trinajstić information content (AvgIpc) is 2.68. The van der Waals surface area contributed by atoms with Crippen LogP contribution in [0.4, 0.5) is 0 Å². The van der Waals surface area contributed by atoms with Crippen molar-refractivity contribution in [2.24, 2.45) is 5.73 Å². The Balaban J connectivity index is 2.22. The van der Waals surface area contributed by atoms with Gasteiger partial charge in [0.15, 0.2) is 0 Å². The molecule has 18 heavy (non-hydrogen) atoms. The van der Waals surface area contributed by atoms with Crippen LogP contribution in [0.3, 0.4) is 0 Å². The standard InChI is InChI=1S/C13H14N2O3/c14-12(17)11(6-3-7-16)15-8-9-4-1-2-5-10(9)13(15)18/h1-2,4-5,7,11H,3,6,8H2,(H2,14,17). The molecule has 5 heteroatoms. The summed E-state index contributed by atoms with van der Waals surface area (Å²) in [6.45, 7) is 0.376. The van der Waals surface area contributed by atoms with Gasteiger partial charge in [-0.1, -0.05) is 18.2 Å². The van der Waals surface area contributed by atoms with Crippen LogP contribution in [0.15, 0.2) is 24.3 Å². The van der Waals surface area contributed by atoms with Gasteiger partial charge < -0.3 is 15.4 Å². The van der Waals surface area contributed by atoms with Crippen LogP contribution < -0.4 is 5.73 Å². The predicted octanol–water partition coefficient (Wildman–Crippen LogP) is 0.475. The van der Waals surface area contributed by atoms with Gasteiger partial charge in [0.1, 0.15) is 12.3 Å². The summed E-state index contributed by atoms with van der Waals surface area (Å²) in [5.74, 6) is -0.765. The Morgan fingerprint density at radius 2 is 2.17 bits per heavy atom. The first-order valence-electron chi connectivity index (χ1n) is 5.77. The van der Waals surface area contributed by atoms with Crippen LogP contribution >= 0.6 is 0 Å². The maximum absolute atomic E-state index is 12.1. The second-order valence-corrected chi connectivity index (χ2v) is 4.25. The number of carbonyl (C=O) groups is 3. The van der Waals surface area contributed by atoms with Gasteiger partial charge in [0.2, 0.25) is 5.91 Å². The van der Waals surface area contributed by atoms with Gasteiger partial charge in [0, 0.05) is 18.5 Å². The van der Waals surface area contributed by atoms with Gasteiger partial charge in [-0.3, -0.25) is 9.59 Å². The van der Waals surface area contributed by atoms with Crippen molar-refractivity contribution in [3.05, 3.63) is 35.4 Å². The van der Waals surface area contributed by atoms with E-state index < -0.39 is 11.9 Å². The molecule has 5 nitrogen and oxygen atoms in total. The highest BCUT2D eigenvalue weighted by Crippen LogP contribution is 2.25. The molecule has 2 amide bonds. The van der Waals surface area contributed by atoms with Crippen molar-refractivity contribution in [2.45, 2.75) is 25.4 Å². The molecule has 0 saturated carbocycles. The Kier molecular flexibility index (Phi) is 3.41. The SMILES string of the molecule is NC(=O)C(CCC=O)N1Cc2ccccc2C1=O. The number of hydrogen-bond acceptors (Lipinski definition) is 3. The highest BCUT2D eigenvalue weighted by atomic mass is 16.2. The lowest BCUT2D eigenvalue weighted by molar-refractivity contribution is -0.122. The van der Waals surface area contributed by atoms with E-state index in [1.165, 1.54) is 4.90 Å². The number of primary amides is 1. The summed E-state index contributed by atoms with van der Waals surface area (Å²) in [4.78, 5) is 35.4.